The molecule has 1 aliphatic heterocycles. The second kappa shape index (κ2) is 3.72. The summed E-state index contributed by atoms with van der Waals surface area (Å²) >= 11 is 0. The SMILES string of the molecule is O=C1Nc2c(cc(C(F)(F)F)cc2C(F)(F)F)C1=O. The van der Waals surface area contributed by atoms with Crippen LogP contribution in [-0.2, 0) is 17.1 Å². The molecule has 0 aromatic heterocycles. The number of carbonyl (C=O) groups is 2. The van der Waals surface area contributed by atoms with E-state index in [1.54, 1.807) is 5.32 Å². The fourth-order valence-corrected chi connectivity index (χ4v) is 1.64. The molecule has 1 aromatic carbocycles. The first kappa shape index (κ1) is 13.4. The predicted molar refractivity (Wildman–Crippen MR) is 49.4 cm³/mol. The zero-order valence-corrected chi connectivity index (χ0v) is 8.74. The molecule has 1 aliphatic rings. The maximum absolute atomic E-state index is 12.6. The predicted octanol–water partition coefficient (Wildman–Crippen LogP) is 2.86. The molecule has 0 saturated carbocycles. The molecule has 1 N–H and O–H groups in total. The number of carbonyl (C=O) groups excluding carboxylic acids is 2. The summed E-state index contributed by atoms with van der Waals surface area (Å²) in [5, 5.41) is 1.63. The third-order valence-corrected chi connectivity index (χ3v) is 2.46. The van der Waals surface area contributed by atoms with Crippen LogP contribution in [0.3, 0.4) is 0 Å². The van der Waals surface area contributed by atoms with Crippen molar-refractivity contribution in [3.8, 4) is 0 Å². The van der Waals surface area contributed by atoms with Gasteiger partial charge in [-0.2, -0.15) is 26.3 Å². The van der Waals surface area contributed by atoms with Crippen molar-refractivity contribution in [3.05, 3.63) is 28.8 Å². The first-order chi connectivity index (χ1) is 8.51. The van der Waals surface area contributed by atoms with Crippen LogP contribution in [0, 0.1) is 0 Å². The van der Waals surface area contributed by atoms with E-state index in [9.17, 15) is 35.9 Å². The van der Waals surface area contributed by atoms with Gasteiger partial charge in [0.1, 0.15) is 0 Å². The van der Waals surface area contributed by atoms with Gasteiger partial charge in [0.05, 0.1) is 22.4 Å². The largest absolute Gasteiger partial charge is 0.418 e. The molecule has 0 saturated heterocycles. The van der Waals surface area contributed by atoms with E-state index < -0.39 is 46.4 Å². The van der Waals surface area contributed by atoms with Crippen LogP contribution in [0.4, 0.5) is 32.0 Å². The van der Waals surface area contributed by atoms with Gasteiger partial charge in [-0.3, -0.25) is 9.59 Å². The van der Waals surface area contributed by atoms with Gasteiger partial charge in [-0.05, 0) is 12.1 Å². The summed E-state index contributed by atoms with van der Waals surface area (Å²) in [6.45, 7) is 0. The number of hydrogen-bond acceptors (Lipinski definition) is 2. The van der Waals surface area contributed by atoms with Crippen LogP contribution in [0.5, 0.6) is 0 Å². The van der Waals surface area contributed by atoms with Gasteiger partial charge in [-0.15, -0.1) is 0 Å². The molecular formula is C10H3F6NO2. The first-order valence-electron chi connectivity index (χ1n) is 4.70. The Bertz CT molecular complexity index is 587. The molecule has 102 valence electrons. The lowest BCUT2D eigenvalue weighted by Gasteiger charge is -2.14. The van der Waals surface area contributed by atoms with Crippen LogP contribution in [0.2, 0.25) is 0 Å². The Labute approximate surface area is 101 Å². The van der Waals surface area contributed by atoms with E-state index in [1.807, 2.05) is 0 Å². The number of hydrogen-bond donors (Lipinski definition) is 1. The minimum absolute atomic E-state index is 0.141. The Morgan fingerprint density at radius 1 is 0.895 bits per heavy atom. The Morgan fingerprint density at radius 2 is 1.47 bits per heavy atom. The van der Waals surface area contributed by atoms with Gasteiger partial charge in [-0.25, -0.2) is 0 Å². The molecule has 0 aliphatic carbocycles. The van der Waals surface area contributed by atoms with Gasteiger partial charge in [0.25, 0.3) is 11.7 Å². The highest BCUT2D eigenvalue weighted by Gasteiger charge is 2.43. The third kappa shape index (κ3) is 2.15. The van der Waals surface area contributed by atoms with Crippen LogP contribution in [0.15, 0.2) is 12.1 Å². The van der Waals surface area contributed by atoms with Crippen LogP contribution >= 0.6 is 0 Å². The van der Waals surface area contributed by atoms with E-state index in [1.165, 1.54) is 0 Å². The van der Waals surface area contributed by atoms with E-state index in [4.69, 9.17) is 0 Å². The van der Waals surface area contributed by atoms with Gasteiger partial charge in [0, 0.05) is 0 Å². The second-order valence-corrected chi connectivity index (χ2v) is 3.73. The van der Waals surface area contributed by atoms with Crippen molar-refractivity contribution in [2.75, 3.05) is 5.32 Å². The van der Waals surface area contributed by atoms with Gasteiger partial charge in [0.2, 0.25) is 0 Å². The minimum atomic E-state index is -5.12. The molecule has 0 spiro atoms. The molecule has 1 amide bonds. The number of alkyl halides is 6. The molecule has 0 atom stereocenters. The van der Waals surface area contributed by atoms with Crippen molar-refractivity contribution in [1.29, 1.82) is 0 Å². The van der Waals surface area contributed by atoms with Crippen molar-refractivity contribution >= 4 is 17.4 Å². The summed E-state index contributed by atoms with van der Waals surface area (Å²) in [7, 11) is 0. The number of amides is 1. The first-order valence-corrected chi connectivity index (χ1v) is 4.70. The number of halogens is 6. The van der Waals surface area contributed by atoms with E-state index in [0.717, 1.165) is 0 Å². The van der Waals surface area contributed by atoms with Crippen LogP contribution in [-0.4, -0.2) is 11.7 Å². The Hall–Kier alpha value is -2.06. The molecule has 9 heteroatoms. The number of ketones is 1. The Morgan fingerprint density at radius 3 is 1.95 bits per heavy atom. The van der Waals surface area contributed by atoms with Crippen molar-refractivity contribution < 1.29 is 35.9 Å². The van der Waals surface area contributed by atoms with E-state index in [-0.39, 0.29) is 12.1 Å². The lowest BCUT2D eigenvalue weighted by molar-refractivity contribution is -0.142. The number of rotatable bonds is 0. The number of Topliss-reactive ketones (excluding diaryl/α,β-unsaturated/α-hetero) is 1. The van der Waals surface area contributed by atoms with Crippen LogP contribution in [0.25, 0.3) is 0 Å². The van der Waals surface area contributed by atoms with Gasteiger partial charge >= 0.3 is 12.4 Å². The highest BCUT2D eigenvalue weighted by atomic mass is 19.4. The normalized spacial score (nSPS) is 15.5. The third-order valence-electron chi connectivity index (χ3n) is 2.46. The quantitative estimate of drug-likeness (QED) is 0.588. The number of fused-ring (bicyclic) bond motifs is 1. The molecule has 0 fully saturated rings. The summed E-state index contributed by atoms with van der Waals surface area (Å²) < 4.78 is 75.3. The standard InChI is InChI=1S/C10H3F6NO2/c11-9(12,13)3-1-4-6(17-8(19)7(4)18)5(2-3)10(14,15)16/h1-2H,(H,17,18,19). The molecular weight excluding hydrogens is 280 g/mol. The highest BCUT2D eigenvalue weighted by molar-refractivity contribution is 6.51. The molecule has 1 heterocycles. The highest BCUT2D eigenvalue weighted by Crippen LogP contribution is 2.43. The lowest BCUT2D eigenvalue weighted by Crippen LogP contribution is -2.14. The number of nitrogens with one attached hydrogen (secondary N) is 1. The van der Waals surface area contributed by atoms with Gasteiger partial charge in [0.15, 0.2) is 0 Å². The fraction of sp³-hybridized carbons (Fsp3) is 0.200. The van der Waals surface area contributed by atoms with Gasteiger partial charge in [-0.1, -0.05) is 0 Å². The van der Waals surface area contributed by atoms with Crippen molar-refractivity contribution in [1.82, 2.24) is 0 Å². The average molecular weight is 283 g/mol. The Kier molecular flexibility index (Phi) is 2.62. The maximum atomic E-state index is 12.6. The average Bonchev–Trinajstić information content (AvgIpc) is 2.51. The molecule has 2 rings (SSSR count). The topological polar surface area (TPSA) is 46.2 Å². The molecule has 3 nitrogen and oxygen atoms in total. The zero-order valence-electron chi connectivity index (χ0n) is 8.74. The van der Waals surface area contributed by atoms with Crippen LogP contribution < -0.4 is 5.32 Å². The number of anilines is 1. The molecule has 0 radical (unpaired) electrons. The summed E-state index contributed by atoms with van der Waals surface area (Å²) in [5.41, 5.74) is -5.19. The van der Waals surface area contributed by atoms with E-state index in [0.29, 0.717) is 0 Å². The summed E-state index contributed by atoms with van der Waals surface area (Å²) in [5.74, 6) is -2.81. The fourth-order valence-electron chi connectivity index (χ4n) is 1.64. The number of benzene rings is 1. The van der Waals surface area contributed by atoms with Crippen molar-refractivity contribution in [3.63, 3.8) is 0 Å². The molecule has 0 bridgehead atoms. The lowest BCUT2D eigenvalue weighted by atomic mass is 10.0. The van der Waals surface area contributed by atoms with Crippen molar-refractivity contribution in [2.45, 2.75) is 12.4 Å². The van der Waals surface area contributed by atoms with Crippen molar-refractivity contribution in [2.24, 2.45) is 0 Å². The Balaban J connectivity index is 2.75. The summed E-state index contributed by atoms with van der Waals surface area (Å²) in [4.78, 5) is 22.2. The summed E-state index contributed by atoms with van der Waals surface area (Å²) in [6, 6.07) is 0.0858. The monoisotopic (exact) mass is 283 g/mol. The molecule has 0 unspecified atom stereocenters. The molecule has 1 aromatic rings. The summed E-state index contributed by atoms with van der Waals surface area (Å²) in [6.07, 6.45) is -10.2. The smallest absolute Gasteiger partial charge is 0.318 e. The zero-order chi connectivity index (χ0) is 14.6. The minimum Gasteiger partial charge on any atom is -0.318 e. The second-order valence-electron chi connectivity index (χ2n) is 3.73. The molecule has 19 heavy (non-hydrogen) atoms. The maximum Gasteiger partial charge on any atom is 0.418 e. The van der Waals surface area contributed by atoms with Crippen LogP contribution in [0.1, 0.15) is 21.5 Å². The van der Waals surface area contributed by atoms with Gasteiger partial charge < -0.3 is 5.32 Å². The van der Waals surface area contributed by atoms with E-state index >= 15 is 0 Å². The van der Waals surface area contributed by atoms with E-state index in [2.05, 4.69) is 0 Å².